The molecular formula is C18H18N2O2. The Morgan fingerprint density at radius 2 is 1.82 bits per heavy atom. The first-order chi connectivity index (χ1) is 10.6. The third kappa shape index (κ3) is 2.60. The minimum atomic E-state index is -0.113. The van der Waals surface area contributed by atoms with Crippen LogP contribution in [0.3, 0.4) is 0 Å². The first-order valence-electron chi connectivity index (χ1n) is 7.27. The summed E-state index contributed by atoms with van der Waals surface area (Å²) in [6.45, 7) is 4.21. The predicted octanol–water partition coefficient (Wildman–Crippen LogP) is 3.72. The van der Waals surface area contributed by atoms with Gasteiger partial charge in [-0.3, -0.25) is 4.79 Å². The van der Waals surface area contributed by atoms with Crippen LogP contribution in [0.4, 0.5) is 0 Å². The van der Waals surface area contributed by atoms with Gasteiger partial charge in [-0.2, -0.15) is 0 Å². The maximum absolute atomic E-state index is 12.4. The Morgan fingerprint density at radius 1 is 1.09 bits per heavy atom. The molecule has 2 aromatic carbocycles. The summed E-state index contributed by atoms with van der Waals surface area (Å²) in [6.07, 6.45) is 0. The monoisotopic (exact) mass is 294 g/mol. The molecule has 1 heterocycles. The number of fused-ring (bicyclic) bond motifs is 1. The van der Waals surface area contributed by atoms with Crippen LogP contribution in [0.1, 0.15) is 25.3 Å². The molecule has 0 atom stereocenters. The summed E-state index contributed by atoms with van der Waals surface area (Å²) < 4.78 is 5.14. The Morgan fingerprint density at radius 3 is 2.45 bits per heavy atom. The summed E-state index contributed by atoms with van der Waals surface area (Å²) in [5.74, 6) is 1.72. The molecule has 0 aliphatic carbocycles. The molecule has 0 bridgehead atoms. The lowest BCUT2D eigenvalue weighted by atomic mass is 10.0. The van der Waals surface area contributed by atoms with Crippen LogP contribution < -0.4 is 10.3 Å². The highest BCUT2D eigenvalue weighted by molar-refractivity contribution is 5.80. The first kappa shape index (κ1) is 14.3. The second-order valence-electron chi connectivity index (χ2n) is 5.57. The Kier molecular flexibility index (Phi) is 3.67. The van der Waals surface area contributed by atoms with Gasteiger partial charge >= 0.3 is 0 Å². The third-order valence-electron chi connectivity index (χ3n) is 3.76. The van der Waals surface area contributed by atoms with Crippen LogP contribution >= 0.6 is 0 Å². The molecule has 0 amide bonds. The molecular weight excluding hydrogens is 276 g/mol. The second kappa shape index (κ2) is 5.64. The highest BCUT2D eigenvalue weighted by Crippen LogP contribution is 2.22. The molecule has 0 unspecified atom stereocenters. The van der Waals surface area contributed by atoms with E-state index in [1.807, 2.05) is 42.5 Å². The van der Waals surface area contributed by atoms with Crippen LogP contribution in [0, 0.1) is 0 Å². The van der Waals surface area contributed by atoms with E-state index in [9.17, 15) is 4.79 Å². The zero-order chi connectivity index (χ0) is 15.7. The van der Waals surface area contributed by atoms with Gasteiger partial charge in [0.1, 0.15) is 11.6 Å². The van der Waals surface area contributed by atoms with Crippen molar-refractivity contribution in [1.82, 2.24) is 9.97 Å². The number of rotatable bonds is 3. The van der Waals surface area contributed by atoms with E-state index in [4.69, 9.17) is 4.74 Å². The maximum atomic E-state index is 12.4. The van der Waals surface area contributed by atoms with Gasteiger partial charge < -0.3 is 9.72 Å². The normalized spacial score (nSPS) is 11.1. The van der Waals surface area contributed by atoms with Gasteiger partial charge in [0.25, 0.3) is 5.56 Å². The van der Waals surface area contributed by atoms with Crippen molar-refractivity contribution in [3.63, 3.8) is 0 Å². The van der Waals surface area contributed by atoms with Crippen molar-refractivity contribution in [3.8, 4) is 17.1 Å². The zero-order valence-corrected chi connectivity index (χ0v) is 12.9. The minimum absolute atomic E-state index is 0.113. The van der Waals surface area contributed by atoms with Crippen molar-refractivity contribution < 1.29 is 4.74 Å². The topological polar surface area (TPSA) is 55.0 Å². The van der Waals surface area contributed by atoms with E-state index in [0.29, 0.717) is 22.6 Å². The standard InChI is InChI=1S/C18H18N2O2/c1-11(2)13-6-9-16-15(10-13)18(21)20-17(19-16)12-4-7-14(22-3)8-5-12/h4-11H,1-3H3,(H,19,20,21). The summed E-state index contributed by atoms with van der Waals surface area (Å²) in [5, 5.41) is 0.628. The summed E-state index contributed by atoms with van der Waals surface area (Å²) in [7, 11) is 1.62. The number of benzene rings is 2. The Balaban J connectivity index is 2.12. The van der Waals surface area contributed by atoms with Gasteiger partial charge in [-0.1, -0.05) is 19.9 Å². The summed E-state index contributed by atoms with van der Waals surface area (Å²) in [4.78, 5) is 19.8. The number of H-pyrrole nitrogens is 1. The van der Waals surface area contributed by atoms with Crippen LogP contribution in [0.25, 0.3) is 22.3 Å². The molecule has 4 nitrogen and oxygen atoms in total. The number of ether oxygens (including phenoxy) is 1. The molecule has 0 spiro atoms. The molecule has 0 fully saturated rings. The molecule has 0 saturated carbocycles. The Hall–Kier alpha value is -2.62. The van der Waals surface area contributed by atoms with Gasteiger partial charge in [0.15, 0.2) is 0 Å². The molecule has 22 heavy (non-hydrogen) atoms. The first-order valence-corrected chi connectivity index (χ1v) is 7.27. The minimum Gasteiger partial charge on any atom is -0.497 e. The van der Waals surface area contributed by atoms with E-state index in [0.717, 1.165) is 16.9 Å². The lowest BCUT2D eigenvalue weighted by Gasteiger charge is -2.08. The molecule has 112 valence electrons. The molecule has 3 aromatic rings. The number of nitrogens with zero attached hydrogens (tertiary/aromatic N) is 1. The molecule has 0 aliphatic rings. The van der Waals surface area contributed by atoms with Crippen molar-refractivity contribution in [2.75, 3.05) is 7.11 Å². The van der Waals surface area contributed by atoms with Crippen LogP contribution in [0.15, 0.2) is 47.3 Å². The van der Waals surface area contributed by atoms with E-state index in [-0.39, 0.29) is 5.56 Å². The fraction of sp³-hybridized carbons (Fsp3) is 0.222. The zero-order valence-electron chi connectivity index (χ0n) is 12.9. The highest BCUT2D eigenvalue weighted by atomic mass is 16.5. The van der Waals surface area contributed by atoms with Crippen LogP contribution in [0.5, 0.6) is 5.75 Å². The average Bonchev–Trinajstić information content (AvgIpc) is 2.54. The summed E-state index contributed by atoms with van der Waals surface area (Å²) in [6, 6.07) is 13.3. The van der Waals surface area contributed by atoms with Gasteiger partial charge in [-0.25, -0.2) is 4.98 Å². The summed E-state index contributed by atoms with van der Waals surface area (Å²) >= 11 is 0. The van der Waals surface area contributed by atoms with Crippen molar-refractivity contribution in [3.05, 3.63) is 58.4 Å². The van der Waals surface area contributed by atoms with E-state index in [2.05, 4.69) is 23.8 Å². The van der Waals surface area contributed by atoms with Crippen LogP contribution in [-0.2, 0) is 0 Å². The molecule has 0 saturated heterocycles. The van der Waals surface area contributed by atoms with Crippen molar-refractivity contribution in [2.24, 2.45) is 0 Å². The molecule has 0 radical (unpaired) electrons. The lowest BCUT2D eigenvalue weighted by molar-refractivity contribution is 0.415. The van der Waals surface area contributed by atoms with E-state index >= 15 is 0 Å². The van der Waals surface area contributed by atoms with Gasteiger partial charge in [-0.05, 0) is 47.9 Å². The fourth-order valence-corrected chi connectivity index (χ4v) is 2.40. The van der Waals surface area contributed by atoms with Gasteiger partial charge in [-0.15, -0.1) is 0 Å². The Labute approximate surface area is 128 Å². The molecule has 1 N–H and O–H groups in total. The summed E-state index contributed by atoms with van der Waals surface area (Å²) in [5.41, 5.74) is 2.59. The average molecular weight is 294 g/mol. The van der Waals surface area contributed by atoms with Crippen molar-refractivity contribution in [2.45, 2.75) is 19.8 Å². The van der Waals surface area contributed by atoms with Gasteiger partial charge in [0.2, 0.25) is 0 Å². The molecule has 3 rings (SSSR count). The number of hydrogen-bond donors (Lipinski definition) is 1. The quantitative estimate of drug-likeness (QED) is 0.801. The van der Waals surface area contributed by atoms with Gasteiger partial charge in [0.05, 0.1) is 18.0 Å². The van der Waals surface area contributed by atoms with E-state index in [1.165, 1.54) is 0 Å². The van der Waals surface area contributed by atoms with Crippen LogP contribution in [0.2, 0.25) is 0 Å². The van der Waals surface area contributed by atoms with E-state index < -0.39 is 0 Å². The lowest BCUT2D eigenvalue weighted by Crippen LogP contribution is -2.10. The number of nitrogens with one attached hydrogen (secondary N) is 1. The predicted molar refractivity (Wildman–Crippen MR) is 88.4 cm³/mol. The largest absolute Gasteiger partial charge is 0.497 e. The Bertz CT molecular complexity index is 864. The number of aromatic nitrogens is 2. The van der Waals surface area contributed by atoms with Crippen molar-refractivity contribution >= 4 is 10.9 Å². The molecule has 0 aliphatic heterocycles. The second-order valence-corrected chi connectivity index (χ2v) is 5.57. The SMILES string of the molecule is COc1ccc(-c2nc3ccc(C(C)C)cc3c(=O)[nH]2)cc1. The molecule has 1 aromatic heterocycles. The highest BCUT2D eigenvalue weighted by Gasteiger charge is 2.08. The van der Waals surface area contributed by atoms with Crippen molar-refractivity contribution in [1.29, 1.82) is 0 Å². The number of hydrogen-bond acceptors (Lipinski definition) is 3. The fourth-order valence-electron chi connectivity index (χ4n) is 2.40. The number of aromatic amines is 1. The molecule has 4 heteroatoms. The van der Waals surface area contributed by atoms with Gasteiger partial charge in [0, 0.05) is 5.56 Å². The van der Waals surface area contributed by atoms with E-state index in [1.54, 1.807) is 7.11 Å². The third-order valence-corrected chi connectivity index (χ3v) is 3.76. The smallest absolute Gasteiger partial charge is 0.259 e. The maximum Gasteiger partial charge on any atom is 0.259 e. The number of methoxy groups -OCH3 is 1. The van der Waals surface area contributed by atoms with Crippen LogP contribution in [-0.4, -0.2) is 17.1 Å².